The van der Waals surface area contributed by atoms with E-state index in [4.69, 9.17) is 0 Å². The van der Waals surface area contributed by atoms with E-state index in [0.29, 0.717) is 18.2 Å². The zero-order chi connectivity index (χ0) is 16.2. The highest BCUT2D eigenvalue weighted by atomic mass is 16.1. The van der Waals surface area contributed by atoms with E-state index in [9.17, 15) is 4.79 Å². The van der Waals surface area contributed by atoms with Gasteiger partial charge in [0.2, 0.25) is 0 Å². The van der Waals surface area contributed by atoms with Crippen LogP contribution < -0.4 is 10.6 Å². The van der Waals surface area contributed by atoms with E-state index in [1.807, 2.05) is 29.8 Å². The monoisotopic (exact) mass is 312 g/mol. The summed E-state index contributed by atoms with van der Waals surface area (Å²) in [4.78, 5) is 12.5. The minimum atomic E-state index is -0.0130. The standard InChI is InChI=1S/C18H24N4O/c1-13-10-16(8-9-19-13)21-18(23)17-11-20-22(14(17)2)12-15-6-4-3-5-7-15/h3-7,11,13,16,19H,8-10,12H2,1-2H3,(H,21,23). The molecule has 0 radical (unpaired) electrons. The van der Waals surface area contributed by atoms with Crippen LogP contribution in [0.1, 0.15) is 41.4 Å². The summed E-state index contributed by atoms with van der Waals surface area (Å²) in [7, 11) is 0. The van der Waals surface area contributed by atoms with Crippen LogP contribution in [0, 0.1) is 6.92 Å². The maximum atomic E-state index is 12.5. The quantitative estimate of drug-likeness (QED) is 0.909. The van der Waals surface area contributed by atoms with Gasteiger partial charge < -0.3 is 10.6 Å². The van der Waals surface area contributed by atoms with Crippen LogP contribution in [-0.2, 0) is 6.54 Å². The number of benzene rings is 1. The zero-order valence-electron chi connectivity index (χ0n) is 13.7. The van der Waals surface area contributed by atoms with Crippen molar-refractivity contribution < 1.29 is 4.79 Å². The van der Waals surface area contributed by atoms with E-state index in [2.05, 4.69) is 34.8 Å². The summed E-state index contributed by atoms with van der Waals surface area (Å²) < 4.78 is 1.88. The predicted octanol–water partition coefficient (Wildman–Crippen LogP) is 2.11. The van der Waals surface area contributed by atoms with Crippen molar-refractivity contribution in [2.75, 3.05) is 6.54 Å². The SMILES string of the molecule is Cc1c(C(=O)NC2CCNC(C)C2)cnn1Cc1ccccc1. The van der Waals surface area contributed by atoms with E-state index in [1.54, 1.807) is 6.20 Å². The summed E-state index contributed by atoms with van der Waals surface area (Å²) in [6.07, 6.45) is 3.63. The van der Waals surface area contributed by atoms with E-state index in [0.717, 1.165) is 25.1 Å². The fourth-order valence-electron chi connectivity index (χ4n) is 3.11. The van der Waals surface area contributed by atoms with Gasteiger partial charge in [0.15, 0.2) is 0 Å². The maximum absolute atomic E-state index is 12.5. The summed E-state index contributed by atoms with van der Waals surface area (Å²) in [5, 5.41) is 10.9. The largest absolute Gasteiger partial charge is 0.349 e. The van der Waals surface area contributed by atoms with Crippen LogP contribution in [0.5, 0.6) is 0 Å². The van der Waals surface area contributed by atoms with Gasteiger partial charge in [-0.05, 0) is 38.8 Å². The Kier molecular flexibility index (Phi) is 4.76. The molecule has 5 heteroatoms. The lowest BCUT2D eigenvalue weighted by atomic mass is 10.0. The highest BCUT2D eigenvalue weighted by Gasteiger charge is 2.22. The number of rotatable bonds is 4. The van der Waals surface area contributed by atoms with E-state index < -0.39 is 0 Å². The molecule has 1 amide bonds. The first-order chi connectivity index (χ1) is 11.1. The predicted molar refractivity (Wildman–Crippen MR) is 90.5 cm³/mol. The number of nitrogens with zero attached hydrogens (tertiary/aromatic N) is 2. The third kappa shape index (κ3) is 3.79. The molecule has 5 nitrogen and oxygen atoms in total. The lowest BCUT2D eigenvalue weighted by Crippen LogP contribution is -2.46. The molecule has 0 bridgehead atoms. The number of hydrogen-bond acceptors (Lipinski definition) is 3. The van der Waals surface area contributed by atoms with Crippen LogP contribution in [-0.4, -0.2) is 34.3 Å². The molecule has 1 aliphatic rings. The number of aromatic nitrogens is 2. The average molecular weight is 312 g/mol. The Morgan fingerprint density at radius 1 is 1.39 bits per heavy atom. The van der Waals surface area contributed by atoms with Gasteiger partial charge in [-0.25, -0.2) is 0 Å². The Balaban J connectivity index is 1.67. The second-order valence-corrected chi connectivity index (χ2v) is 6.34. The van der Waals surface area contributed by atoms with Crippen molar-refractivity contribution in [3.63, 3.8) is 0 Å². The van der Waals surface area contributed by atoms with Gasteiger partial charge in [0, 0.05) is 17.8 Å². The van der Waals surface area contributed by atoms with Crippen molar-refractivity contribution in [3.05, 3.63) is 53.3 Å². The molecule has 1 fully saturated rings. The molecule has 2 atom stereocenters. The molecule has 0 aliphatic carbocycles. The third-order valence-electron chi connectivity index (χ3n) is 4.48. The molecular formula is C18H24N4O. The van der Waals surface area contributed by atoms with Crippen molar-refractivity contribution in [2.24, 2.45) is 0 Å². The molecule has 2 aromatic rings. The lowest BCUT2D eigenvalue weighted by molar-refractivity contribution is 0.0925. The van der Waals surface area contributed by atoms with Crippen LogP contribution in [0.3, 0.4) is 0 Å². The fourth-order valence-corrected chi connectivity index (χ4v) is 3.11. The summed E-state index contributed by atoms with van der Waals surface area (Å²) in [5.74, 6) is -0.0130. The molecule has 2 heterocycles. The molecule has 3 rings (SSSR count). The average Bonchev–Trinajstić information content (AvgIpc) is 2.89. The van der Waals surface area contributed by atoms with E-state index in [-0.39, 0.29) is 11.9 Å². The van der Waals surface area contributed by atoms with Gasteiger partial charge in [0.25, 0.3) is 5.91 Å². The molecule has 122 valence electrons. The van der Waals surface area contributed by atoms with Crippen molar-refractivity contribution >= 4 is 5.91 Å². The molecule has 2 N–H and O–H groups in total. The Labute approximate surface area is 137 Å². The minimum absolute atomic E-state index is 0.0130. The summed E-state index contributed by atoms with van der Waals surface area (Å²) in [5.41, 5.74) is 2.76. The summed E-state index contributed by atoms with van der Waals surface area (Å²) in [6, 6.07) is 10.9. The van der Waals surface area contributed by atoms with Gasteiger partial charge in [0.05, 0.1) is 18.3 Å². The van der Waals surface area contributed by atoms with Gasteiger partial charge in [-0.1, -0.05) is 30.3 Å². The van der Waals surface area contributed by atoms with Crippen molar-refractivity contribution in [2.45, 2.75) is 45.3 Å². The normalized spacial score (nSPS) is 21.1. The number of amides is 1. The van der Waals surface area contributed by atoms with E-state index >= 15 is 0 Å². The first kappa shape index (κ1) is 15.7. The van der Waals surface area contributed by atoms with Gasteiger partial charge in [0.1, 0.15) is 0 Å². The molecule has 1 aliphatic heterocycles. The van der Waals surface area contributed by atoms with Crippen LogP contribution in [0.2, 0.25) is 0 Å². The molecule has 2 unspecified atom stereocenters. The summed E-state index contributed by atoms with van der Waals surface area (Å²) in [6.45, 7) is 5.75. The van der Waals surface area contributed by atoms with Crippen molar-refractivity contribution in [3.8, 4) is 0 Å². The Morgan fingerprint density at radius 3 is 2.91 bits per heavy atom. The van der Waals surface area contributed by atoms with Crippen LogP contribution in [0.15, 0.2) is 36.5 Å². The van der Waals surface area contributed by atoms with Crippen molar-refractivity contribution in [1.82, 2.24) is 20.4 Å². The van der Waals surface area contributed by atoms with Gasteiger partial charge in [-0.2, -0.15) is 5.10 Å². The van der Waals surface area contributed by atoms with Crippen molar-refractivity contribution in [1.29, 1.82) is 0 Å². The number of carbonyl (C=O) groups is 1. The molecular weight excluding hydrogens is 288 g/mol. The molecule has 23 heavy (non-hydrogen) atoms. The molecule has 1 saturated heterocycles. The number of nitrogens with one attached hydrogen (secondary N) is 2. The second-order valence-electron chi connectivity index (χ2n) is 6.34. The van der Waals surface area contributed by atoms with Gasteiger partial charge in [-0.3, -0.25) is 9.48 Å². The highest BCUT2D eigenvalue weighted by Crippen LogP contribution is 2.13. The minimum Gasteiger partial charge on any atom is -0.349 e. The van der Waals surface area contributed by atoms with E-state index in [1.165, 1.54) is 5.56 Å². The summed E-state index contributed by atoms with van der Waals surface area (Å²) >= 11 is 0. The second kappa shape index (κ2) is 6.96. The third-order valence-corrected chi connectivity index (χ3v) is 4.48. The zero-order valence-corrected chi connectivity index (χ0v) is 13.7. The van der Waals surface area contributed by atoms with Gasteiger partial charge >= 0.3 is 0 Å². The first-order valence-corrected chi connectivity index (χ1v) is 8.24. The van der Waals surface area contributed by atoms with Gasteiger partial charge in [-0.15, -0.1) is 0 Å². The Bertz CT molecular complexity index is 665. The van der Waals surface area contributed by atoms with Crippen LogP contribution in [0.4, 0.5) is 0 Å². The van der Waals surface area contributed by atoms with Crippen LogP contribution in [0.25, 0.3) is 0 Å². The topological polar surface area (TPSA) is 59.0 Å². The number of piperidine rings is 1. The Morgan fingerprint density at radius 2 is 2.17 bits per heavy atom. The number of hydrogen-bond donors (Lipinski definition) is 2. The molecule has 1 aromatic carbocycles. The van der Waals surface area contributed by atoms with Crippen LogP contribution >= 0.6 is 0 Å². The fraction of sp³-hybridized carbons (Fsp3) is 0.444. The smallest absolute Gasteiger partial charge is 0.254 e. The lowest BCUT2D eigenvalue weighted by Gasteiger charge is -2.28. The highest BCUT2D eigenvalue weighted by molar-refractivity contribution is 5.95. The maximum Gasteiger partial charge on any atom is 0.254 e. The molecule has 0 spiro atoms. The first-order valence-electron chi connectivity index (χ1n) is 8.24. The Hall–Kier alpha value is -2.14. The molecule has 1 aromatic heterocycles. The molecule has 0 saturated carbocycles. The number of carbonyl (C=O) groups excluding carboxylic acids is 1.